The van der Waals surface area contributed by atoms with E-state index in [2.05, 4.69) is 15.3 Å². The molecule has 1 aromatic heterocycles. The summed E-state index contributed by atoms with van der Waals surface area (Å²) < 4.78 is 0. The fraction of sp³-hybridized carbons (Fsp3) is 0.579. The number of aromatic nitrogens is 2. The van der Waals surface area contributed by atoms with Crippen LogP contribution < -0.4 is 10.9 Å². The number of hydrogen-bond acceptors (Lipinski definition) is 3. The van der Waals surface area contributed by atoms with Gasteiger partial charge in [0.25, 0.3) is 5.56 Å². The van der Waals surface area contributed by atoms with E-state index in [1.54, 1.807) is 0 Å². The van der Waals surface area contributed by atoms with E-state index in [-0.39, 0.29) is 5.56 Å². The van der Waals surface area contributed by atoms with Crippen molar-refractivity contribution in [2.24, 2.45) is 17.8 Å². The van der Waals surface area contributed by atoms with Crippen LogP contribution in [0.1, 0.15) is 44.3 Å². The predicted molar refractivity (Wildman–Crippen MR) is 90.1 cm³/mol. The van der Waals surface area contributed by atoms with Crippen LogP contribution in [0.2, 0.25) is 0 Å². The van der Waals surface area contributed by atoms with Crippen LogP contribution in [0.5, 0.6) is 0 Å². The Morgan fingerprint density at radius 1 is 1.09 bits per heavy atom. The third-order valence-corrected chi connectivity index (χ3v) is 6.33. The van der Waals surface area contributed by atoms with Crippen LogP contribution in [0, 0.1) is 17.8 Å². The summed E-state index contributed by atoms with van der Waals surface area (Å²) in [7, 11) is 0. The lowest BCUT2D eigenvalue weighted by Crippen LogP contribution is -2.58. The van der Waals surface area contributed by atoms with Crippen LogP contribution in [0.15, 0.2) is 29.1 Å². The molecular formula is C19H23N3O. The highest BCUT2D eigenvalue weighted by Crippen LogP contribution is 2.55. The van der Waals surface area contributed by atoms with Gasteiger partial charge in [-0.3, -0.25) is 4.79 Å². The molecule has 4 aliphatic carbocycles. The first kappa shape index (κ1) is 13.7. The van der Waals surface area contributed by atoms with E-state index in [1.165, 1.54) is 38.5 Å². The lowest BCUT2D eigenvalue weighted by Gasteiger charge is -2.57. The fourth-order valence-corrected chi connectivity index (χ4v) is 5.82. The van der Waals surface area contributed by atoms with Crippen LogP contribution in [0.4, 0.5) is 0 Å². The van der Waals surface area contributed by atoms with E-state index in [1.807, 2.05) is 24.3 Å². The Labute approximate surface area is 135 Å². The highest BCUT2D eigenvalue weighted by Gasteiger charge is 2.50. The molecule has 4 fully saturated rings. The van der Waals surface area contributed by atoms with Crippen molar-refractivity contribution in [3.8, 4) is 0 Å². The van der Waals surface area contributed by atoms with Crippen molar-refractivity contribution >= 4 is 10.9 Å². The largest absolute Gasteiger partial charge is 0.309 e. The van der Waals surface area contributed by atoms with E-state index >= 15 is 0 Å². The summed E-state index contributed by atoms with van der Waals surface area (Å²) in [5.41, 5.74) is 1.07. The van der Waals surface area contributed by atoms with Crippen molar-refractivity contribution in [1.82, 2.24) is 15.3 Å². The summed E-state index contributed by atoms with van der Waals surface area (Å²) >= 11 is 0. The zero-order valence-corrected chi connectivity index (χ0v) is 13.3. The highest BCUT2D eigenvalue weighted by atomic mass is 16.1. The summed E-state index contributed by atoms with van der Waals surface area (Å²) in [6, 6.07) is 7.56. The molecule has 2 aromatic rings. The van der Waals surface area contributed by atoms with Crippen molar-refractivity contribution in [2.45, 2.75) is 50.6 Å². The summed E-state index contributed by atoms with van der Waals surface area (Å²) in [4.78, 5) is 19.8. The molecule has 0 saturated heterocycles. The smallest absolute Gasteiger partial charge is 0.258 e. The Balaban J connectivity index is 1.39. The quantitative estimate of drug-likeness (QED) is 0.916. The summed E-state index contributed by atoms with van der Waals surface area (Å²) in [5, 5.41) is 4.48. The topological polar surface area (TPSA) is 57.8 Å². The minimum Gasteiger partial charge on any atom is -0.309 e. The Morgan fingerprint density at radius 3 is 2.43 bits per heavy atom. The van der Waals surface area contributed by atoms with Crippen molar-refractivity contribution in [2.75, 3.05) is 0 Å². The van der Waals surface area contributed by atoms with E-state index in [4.69, 9.17) is 0 Å². The van der Waals surface area contributed by atoms with E-state index < -0.39 is 0 Å². The monoisotopic (exact) mass is 309 g/mol. The van der Waals surface area contributed by atoms with Crippen LogP contribution in [0.25, 0.3) is 10.9 Å². The third kappa shape index (κ3) is 2.31. The number of H-pyrrole nitrogens is 1. The standard InChI is InChI=1S/C19H23N3O/c23-18-15-3-1-2-4-16(15)21-17(22-18)11-20-19-8-12-5-13(9-19)7-14(6-12)10-19/h1-4,12-14,20H,5-11H2,(H,21,22,23). The summed E-state index contributed by atoms with van der Waals surface area (Å²) in [6.45, 7) is 0.673. The number of aromatic amines is 1. The van der Waals surface area contributed by atoms with Gasteiger partial charge in [0.05, 0.1) is 17.4 Å². The number of rotatable bonds is 3. The maximum Gasteiger partial charge on any atom is 0.258 e. The Hall–Kier alpha value is -1.68. The number of hydrogen-bond donors (Lipinski definition) is 2. The Bertz CT molecular complexity index is 774. The molecule has 0 radical (unpaired) electrons. The molecule has 1 heterocycles. The summed E-state index contributed by atoms with van der Waals surface area (Å²) in [5.74, 6) is 3.55. The molecule has 4 aliphatic rings. The van der Waals surface area contributed by atoms with Gasteiger partial charge in [0.2, 0.25) is 0 Å². The van der Waals surface area contributed by atoms with E-state index in [0.29, 0.717) is 17.5 Å². The second-order valence-corrected chi connectivity index (χ2v) is 8.08. The Morgan fingerprint density at radius 2 is 1.74 bits per heavy atom. The van der Waals surface area contributed by atoms with Gasteiger partial charge < -0.3 is 10.3 Å². The molecule has 4 saturated carbocycles. The predicted octanol–water partition coefficient (Wildman–Crippen LogP) is 2.98. The number of para-hydroxylation sites is 1. The molecule has 2 N–H and O–H groups in total. The molecular weight excluding hydrogens is 286 g/mol. The lowest BCUT2D eigenvalue weighted by atomic mass is 9.53. The summed E-state index contributed by atoms with van der Waals surface area (Å²) in [6.07, 6.45) is 8.30. The van der Waals surface area contributed by atoms with Crippen LogP contribution in [-0.4, -0.2) is 15.5 Å². The van der Waals surface area contributed by atoms with Gasteiger partial charge in [-0.05, 0) is 68.4 Å². The van der Waals surface area contributed by atoms with E-state index in [9.17, 15) is 4.79 Å². The molecule has 0 aliphatic heterocycles. The van der Waals surface area contributed by atoms with Gasteiger partial charge in [0.1, 0.15) is 5.82 Å². The zero-order chi connectivity index (χ0) is 15.4. The molecule has 0 atom stereocenters. The third-order valence-electron chi connectivity index (χ3n) is 6.33. The maximum absolute atomic E-state index is 12.2. The molecule has 0 unspecified atom stereocenters. The Kier molecular flexibility index (Phi) is 2.93. The number of benzene rings is 1. The minimum absolute atomic E-state index is 0.0297. The average molecular weight is 309 g/mol. The second-order valence-electron chi connectivity index (χ2n) is 8.08. The molecule has 0 amide bonds. The van der Waals surface area contributed by atoms with Crippen molar-refractivity contribution in [3.63, 3.8) is 0 Å². The molecule has 4 nitrogen and oxygen atoms in total. The molecule has 4 heteroatoms. The van der Waals surface area contributed by atoms with Crippen molar-refractivity contribution in [1.29, 1.82) is 0 Å². The fourth-order valence-electron chi connectivity index (χ4n) is 5.82. The second kappa shape index (κ2) is 4.91. The number of nitrogens with zero attached hydrogens (tertiary/aromatic N) is 1. The molecule has 23 heavy (non-hydrogen) atoms. The average Bonchev–Trinajstić information content (AvgIpc) is 2.52. The first-order valence-corrected chi connectivity index (χ1v) is 8.92. The van der Waals surface area contributed by atoms with Crippen LogP contribution >= 0.6 is 0 Å². The lowest BCUT2D eigenvalue weighted by molar-refractivity contribution is -0.0209. The van der Waals surface area contributed by atoms with Crippen LogP contribution in [-0.2, 0) is 6.54 Å². The molecule has 1 aromatic carbocycles. The van der Waals surface area contributed by atoms with Crippen molar-refractivity contribution in [3.05, 3.63) is 40.4 Å². The molecule has 6 rings (SSSR count). The van der Waals surface area contributed by atoms with Crippen molar-refractivity contribution < 1.29 is 0 Å². The minimum atomic E-state index is -0.0297. The van der Waals surface area contributed by atoms with E-state index in [0.717, 1.165) is 29.1 Å². The van der Waals surface area contributed by atoms with Crippen LogP contribution in [0.3, 0.4) is 0 Å². The van der Waals surface area contributed by atoms with Gasteiger partial charge in [-0.15, -0.1) is 0 Å². The molecule has 4 bridgehead atoms. The van der Waals surface area contributed by atoms with Gasteiger partial charge in [-0.25, -0.2) is 4.98 Å². The SMILES string of the molecule is O=c1[nH]c(CNC23CC4CC(CC(C4)C2)C3)nc2ccccc12. The highest BCUT2D eigenvalue weighted by molar-refractivity contribution is 5.77. The zero-order valence-electron chi connectivity index (χ0n) is 13.3. The molecule has 120 valence electrons. The van der Waals surface area contributed by atoms with Gasteiger partial charge in [0.15, 0.2) is 0 Å². The first-order valence-electron chi connectivity index (χ1n) is 8.92. The molecule has 0 spiro atoms. The van der Waals surface area contributed by atoms with Gasteiger partial charge in [-0.2, -0.15) is 0 Å². The maximum atomic E-state index is 12.2. The van der Waals surface area contributed by atoms with Gasteiger partial charge in [0, 0.05) is 5.54 Å². The normalized spacial score (nSPS) is 35.0. The number of nitrogens with one attached hydrogen (secondary N) is 2. The first-order chi connectivity index (χ1) is 11.2. The van der Waals surface area contributed by atoms with Gasteiger partial charge >= 0.3 is 0 Å². The number of fused-ring (bicyclic) bond motifs is 1. The van der Waals surface area contributed by atoms with Gasteiger partial charge in [-0.1, -0.05) is 12.1 Å².